The molecule has 0 aromatic heterocycles. The van der Waals surface area contributed by atoms with Gasteiger partial charge < -0.3 is 14.9 Å². The first kappa shape index (κ1) is 26.3. The van der Waals surface area contributed by atoms with Crippen LogP contribution < -0.4 is 4.74 Å². The summed E-state index contributed by atoms with van der Waals surface area (Å²) < 4.78 is 5.47. The summed E-state index contributed by atoms with van der Waals surface area (Å²) >= 11 is 3.22. The van der Waals surface area contributed by atoms with Gasteiger partial charge in [0, 0.05) is 35.2 Å². The van der Waals surface area contributed by atoms with Crippen LogP contribution in [0.1, 0.15) is 29.9 Å². The highest BCUT2D eigenvalue weighted by Crippen LogP contribution is 2.56. The number of nitrogens with zero attached hydrogens (tertiary/aromatic N) is 1. The van der Waals surface area contributed by atoms with Crippen LogP contribution in [0.15, 0.2) is 75.8 Å². The first-order valence-corrected chi connectivity index (χ1v) is 13.9. The van der Waals surface area contributed by atoms with E-state index >= 15 is 0 Å². The number of carbonyl (C=O) groups excluding carboxylic acids is 4. The second-order valence-electron chi connectivity index (χ2n) is 10.5. The van der Waals surface area contributed by atoms with Crippen molar-refractivity contribution in [2.24, 2.45) is 17.8 Å². The smallest absolute Gasteiger partial charge is 0.233 e. The number of para-hydroxylation sites is 1. The van der Waals surface area contributed by atoms with Crippen LogP contribution in [0.25, 0.3) is 0 Å². The normalized spacial score (nSPS) is 25.8. The minimum atomic E-state index is -0.757. The number of hydrogen-bond acceptors (Lipinski definition) is 7. The summed E-state index contributed by atoms with van der Waals surface area (Å²) in [4.78, 5) is 55.3. The summed E-state index contributed by atoms with van der Waals surface area (Å²) in [7, 11) is 1.43. The summed E-state index contributed by atoms with van der Waals surface area (Å²) in [5.41, 5.74) is 2.65. The maximum atomic E-state index is 13.8. The molecule has 1 heterocycles. The molecule has 8 nitrogen and oxygen atoms in total. The molecule has 4 unspecified atom stereocenters. The van der Waals surface area contributed by atoms with Crippen LogP contribution in [0, 0.1) is 17.8 Å². The average Bonchev–Trinajstić information content (AvgIpc) is 3.19. The number of fused-ring (bicyclic) bond motifs is 3. The zero-order valence-corrected chi connectivity index (χ0v) is 23.2. The third-order valence-corrected chi connectivity index (χ3v) is 9.13. The maximum Gasteiger partial charge on any atom is 0.233 e. The predicted octanol–water partition coefficient (Wildman–Crippen LogP) is 4.11. The highest BCUT2D eigenvalue weighted by atomic mass is 79.9. The van der Waals surface area contributed by atoms with E-state index in [1.54, 1.807) is 42.5 Å². The van der Waals surface area contributed by atoms with Gasteiger partial charge in [0.2, 0.25) is 11.8 Å². The van der Waals surface area contributed by atoms with E-state index < -0.39 is 23.7 Å². The third-order valence-electron chi connectivity index (χ3n) is 8.54. The van der Waals surface area contributed by atoms with E-state index in [0.717, 1.165) is 11.1 Å². The Morgan fingerprint density at radius 3 is 2.48 bits per heavy atom. The second-order valence-corrected chi connectivity index (χ2v) is 11.4. The van der Waals surface area contributed by atoms with E-state index in [1.807, 2.05) is 6.08 Å². The van der Waals surface area contributed by atoms with Crippen LogP contribution in [0.5, 0.6) is 17.2 Å². The first-order chi connectivity index (χ1) is 19.2. The molecule has 4 aliphatic rings. The molecule has 0 saturated carbocycles. The molecule has 2 aromatic carbocycles. The standard InChI is InChI=1S/C31H26BrNO7/c1-40-24-4-2-3-18(29(24)37)25-17-9-10-19-26(20(17)13-21-27(25)23(35)14-22(32)28(21)36)31(39)33(30(19)38)12-11-15-5-7-16(34)8-6-15/h2-9,14,19-20,25-26,34,37H,10-13H2,1H3. The zero-order chi connectivity index (χ0) is 28.3. The zero-order valence-electron chi connectivity index (χ0n) is 21.6. The molecule has 1 saturated heterocycles. The van der Waals surface area contributed by atoms with Gasteiger partial charge in [-0.2, -0.15) is 0 Å². The highest BCUT2D eigenvalue weighted by Gasteiger charge is 2.56. The van der Waals surface area contributed by atoms with Crippen LogP contribution in [-0.4, -0.2) is 52.1 Å². The molecule has 3 aliphatic carbocycles. The fourth-order valence-electron chi connectivity index (χ4n) is 6.69. The Bertz CT molecular complexity index is 1570. The lowest BCUT2D eigenvalue weighted by atomic mass is 9.59. The van der Waals surface area contributed by atoms with Crippen molar-refractivity contribution >= 4 is 39.3 Å². The number of carbonyl (C=O) groups is 4. The number of ether oxygens (including phenoxy) is 1. The van der Waals surface area contributed by atoms with Crippen LogP contribution in [0.2, 0.25) is 0 Å². The molecule has 0 radical (unpaired) electrons. The molecule has 2 N–H and O–H groups in total. The van der Waals surface area contributed by atoms with Gasteiger partial charge in [0.25, 0.3) is 0 Å². The molecular formula is C31H26BrNO7. The molecule has 6 rings (SSSR count). The number of ketones is 2. The molecular weight excluding hydrogens is 578 g/mol. The Labute approximate surface area is 238 Å². The fraction of sp³-hybridized carbons (Fsp3) is 0.290. The number of amides is 2. The number of benzene rings is 2. The molecule has 4 atom stereocenters. The van der Waals surface area contributed by atoms with E-state index in [9.17, 15) is 29.4 Å². The number of likely N-dealkylation sites (tertiary alicyclic amines) is 1. The van der Waals surface area contributed by atoms with Gasteiger partial charge in [-0.1, -0.05) is 35.9 Å². The quantitative estimate of drug-likeness (QED) is 0.300. The number of phenolic OH excluding ortho intramolecular Hbond substituents is 2. The van der Waals surface area contributed by atoms with Crippen LogP contribution >= 0.6 is 15.9 Å². The minimum Gasteiger partial charge on any atom is -0.508 e. The average molecular weight is 604 g/mol. The van der Waals surface area contributed by atoms with E-state index in [4.69, 9.17) is 4.74 Å². The molecule has 40 heavy (non-hydrogen) atoms. The number of halogens is 1. The minimum absolute atomic E-state index is 0.135. The van der Waals surface area contributed by atoms with Gasteiger partial charge >= 0.3 is 0 Å². The maximum absolute atomic E-state index is 13.8. The molecule has 0 spiro atoms. The van der Waals surface area contributed by atoms with Crippen molar-refractivity contribution in [1.29, 1.82) is 0 Å². The SMILES string of the molecule is COc1cccc(C2C3=CCC4C(=O)N(CCc5ccc(O)cc5)C(=O)C4C3CC3=C2C(=O)C=C(Br)C3=O)c1O. The van der Waals surface area contributed by atoms with E-state index in [1.165, 1.54) is 18.1 Å². The Balaban J connectivity index is 1.40. The molecule has 2 aromatic rings. The van der Waals surface area contributed by atoms with Gasteiger partial charge in [-0.05, 0) is 64.9 Å². The Morgan fingerprint density at radius 2 is 1.75 bits per heavy atom. The van der Waals surface area contributed by atoms with Gasteiger partial charge in [-0.3, -0.25) is 24.1 Å². The number of hydrogen-bond donors (Lipinski definition) is 2. The van der Waals surface area contributed by atoms with Crippen molar-refractivity contribution in [3.63, 3.8) is 0 Å². The first-order valence-electron chi connectivity index (χ1n) is 13.1. The van der Waals surface area contributed by atoms with Crippen molar-refractivity contribution in [2.45, 2.75) is 25.2 Å². The van der Waals surface area contributed by atoms with Crippen LogP contribution in [0.4, 0.5) is 0 Å². The van der Waals surface area contributed by atoms with Gasteiger partial charge in [-0.15, -0.1) is 0 Å². The van der Waals surface area contributed by atoms with E-state index in [-0.39, 0.29) is 58.1 Å². The number of Topliss-reactive ketones (excluding diaryl/α,β-unsaturated/α-hetero) is 1. The monoisotopic (exact) mass is 603 g/mol. The summed E-state index contributed by atoms with van der Waals surface area (Å²) in [6.45, 7) is 0.206. The number of methoxy groups -OCH3 is 1. The molecule has 0 bridgehead atoms. The summed E-state index contributed by atoms with van der Waals surface area (Å²) in [5, 5.41) is 20.7. The lowest BCUT2D eigenvalue weighted by Crippen LogP contribution is -2.39. The number of imide groups is 1. The third kappa shape index (κ3) is 4.02. The van der Waals surface area contributed by atoms with Crippen molar-refractivity contribution in [3.8, 4) is 17.2 Å². The fourth-order valence-corrected chi connectivity index (χ4v) is 7.14. The molecule has 1 fully saturated rings. The lowest BCUT2D eigenvalue weighted by molar-refractivity contribution is -0.140. The number of aromatic hydroxyl groups is 2. The van der Waals surface area contributed by atoms with E-state index in [2.05, 4.69) is 15.9 Å². The van der Waals surface area contributed by atoms with Crippen LogP contribution in [-0.2, 0) is 25.6 Å². The molecule has 1 aliphatic heterocycles. The summed E-state index contributed by atoms with van der Waals surface area (Å²) in [5.74, 6) is -3.43. The van der Waals surface area contributed by atoms with Gasteiger partial charge in [0.1, 0.15) is 5.75 Å². The van der Waals surface area contributed by atoms with Crippen LogP contribution in [0.3, 0.4) is 0 Å². The van der Waals surface area contributed by atoms with Gasteiger partial charge in [-0.25, -0.2) is 0 Å². The second kappa shape index (κ2) is 9.89. The molecule has 2 amide bonds. The van der Waals surface area contributed by atoms with Crippen molar-refractivity contribution in [2.75, 3.05) is 13.7 Å². The van der Waals surface area contributed by atoms with Gasteiger partial charge in [0.15, 0.2) is 23.1 Å². The van der Waals surface area contributed by atoms with Gasteiger partial charge in [0.05, 0.1) is 23.4 Å². The van der Waals surface area contributed by atoms with Crippen molar-refractivity contribution in [1.82, 2.24) is 4.90 Å². The topological polar surface area (TPSA) is 121 Å². The molecule has 204 valence electrons. The summed E-state index contributed by atoms with van der Waals surface area (Å²) in [6.07, 6.45) is 4.10. The summed E-state index contributed by atoms with van der Waals surface area (Å²) in [6, 6.07) is 11.6. The predicted molar refractivity (Wildman–Crippen MR) is 148 cm³/mol. The number of phenols is 2. The Morgan fingerprint density at radius 1 is 1.00 bits per heavy atom. The Kier molecular flexibility index (Phi) is 6.49. The Hall–Kier alpha value is -3.98. The van der Waals surface area contributed by atoms with E-state index in [0.29, 0.717) is 29.6 Å². The highest BCUT2D eigenvalue weighted by molar-refractivity contribution is 9.12. The lowest BCUT2D eigenvalue weighted by Gasteiger charge is -2.42. The van der Waals surface area contributed by atoms with Crippen molar-refractivity contribution < 1.29 is 34.1 Å². The molecule has 9 heteroatoms. The van der Waals surface area contributed by atoms with Crippen molar-refractivity contribution in [3.05, 3.63) is 86.9 Å². The number of allylic oxidation sites excluding steroid dienone is 6. The number of rotatable bonds is 5. The largest absolute Gasteiger partial charge is 0.508 e.